The lowest BCUT2D eigenvalue weighted by Gasteiger charge is -2.37. The van der Waals surface area contributed by atoms with Crippen LogP contribution in [0.1, 0.15) is 36.2 Å². The van der Waals surface area contributed by atoms with Crippen LogP contribution in [0.5, 0.6) is 0 Å². The summed E-state index contributed by atoms with van der Waals surface area (Å²) in [6.07, 6.45) is 4.25. The summed E-state index contributed by atoms with van der Waals surface area (Å²) in [5, 5.41) is 5.39. The average Bonchev–Trinajstić information content (AvgIpc) is 2.78. The molecule has 5 nitrogen and oxygen atoms in total. The molecular formula is C16H22N4O. The van der Waals surface area contributed by atoms with Gasteiger partial charge in [0.2, 0.25) is 0 Å². The van der Waals surface area contributed by atoms with Crippen molar-refractivity contribution in [3.8, 4) is 0 Å². The van der Waals surface area contributed by atoms with Crippen molar-refractivity contribution in [2.45, 2.75) is 31.7 Å². The van der Waals surface area contributed by atoms with Gasteiger partial charge in [-0.25, -0.2) is 0 Å². The van der Waals surface area contributed by atoms with Gasteiger partial charge in [0.25, 0.3) is 5.91 Å². The van der Waals surface area contributed by atoms with Crippen LogP contribution in [0.3, 0.4) is 0 Å². The maximum Gasteiger partial charge on any atom is 0.275 e. The number of amides is 1. The second-order valence-electron chi connectivity index (χ2n) is 5.71. The smallest absolute Gasteiger partial charge is 0.275 e. The van der Waals surface area contributed by atoms with Gasteiger partial charge in [-0.2, -0.15) is 5.10 Å². The Morgan fingerprint density at radius 2 is 2.19 bits per heavy atom. The lowest BCUT2D eigenvalue weighted by atomic mass is 9.91. The third-order valence-electron chi connectivity index (χ3n) is 4.34. The standard InChI is InChI=1S/C16H22N4O/c1-19-14-9-3-2-8-13(14)15(18-19)16(21)20(11-5-10-17)12-6-4-7-12/h2-3,8-9,12H,4-7,10-11,17H2,1H3. The summed E-state index contributed by atoms with van der Waals surface area (Å²) in [5.74, 6) is 0.0463. The van der Waals surface area contributed by atoms with Crippen LogP contribution in [0.15, 0.2) is 24.3 Å². The van der Waals surface area contributed by atoms with E-state index in [1.807, 2.05) is 36.2 Å². The number of hydrogen-bond acceptors (Lipinski definition) is 3. The Kier molecular flexibility index (Phi) is 3.92. The van der Waals surface area contributed by atoms with Crippen LogP contribution < -0.4 is 5.73 Å². The molecule has 0 saturated heterocycles. The number of aryl methyl sites for hydroxylation is 1. The summed E-state index contributed by atoms with van der Waals surface area (Å²) in [6, 6.07) is 8.25. The van der Waals surface area contributed by atoms with Crippen LogP contribution in [0.2, 0.25) is 0 Å². The molecule has 21 heavy (non-hydrogen) atoms. The number of aromatic nitrogens is 2. The van der Waals surface area contributed by atoms with Crippen LogP contribution in [0.4, 0.5) is 0 Å². The summed E-state index contributed by atoms with van der Waals surface area (Å²) in [5.41, 5.74) is 7.17. The van der Waals surface area contributed by atoms with Crippen molar-refractivity contribution in [2.24, 2.45) is 12.8 Å². The second kappa shape index (κ2) is 5.85. The highest BCUT2D eigenvalue weighted by Gasteiger charge is 2.31. The molecule has 1 aliphatic rings. The minimum absolute atomic E-state index is 0.0463. The van der Waals surface area contributed by atoms with E-state index >= 15 is 0 Å². The number of benzene rings is 1. The third kappa shape index (κ3) is 2.53. The molecule has 1 heterocycles. The molecule has 1 aromatic carbocycles. The molecule has 1 aliphatic carbocycles. The molecule has 0 aliphatic heterocycles. The zero-order valence-corrected chi connectivity index (χ0v) is 12.5. The summed E-state index contributed by atoms with van der Waals surface area (Å²) >= 11 is 0. The van der Waals surface area contributed by atoms with Crippen molar-refractivity contribution < 1.29 is 4.79 Å². The Bertz CT molecular complexity index is 645. The predicted molar refractivity (Wildman–Crippen MR) is 83.1 cm³/mol. The fourth-order valence-electron chi connectivity index (χ4n) is 2.92. The molecule has 2 aromatic rings. The molecule has 0 spiro atoms. The van der Waals surface area contributed by atoms with E-state index in [1.54, 1.807) is 4.68 Å². The van der Waals surface area contributed by atoms with Gasteiger partial charge >= 0.3 is 0 Å². The van der Waals surface area contributed by atoms with Gasteiger partial charge in [0.15, 0.2) is 5.69 Å². The first-order valence-corrected chi connectivity index (χ1v) is 7.65. The Morgan fingerprint density at radius 3 is 2.86 bits per heavy atom. The maximum atomic E-state index is 12.9. The number of para-hydroxylation sites is 1. The molecule has 0 unspecified atom stereocenters. The van der Waals surface area contributed by atoms with Crippen LogP contribution >= 0.6 is 0 Å². The highest BCUT2D eigenvalue weighted by molar-refractivity contribution is 6.05. The topological polar surface area (TPSA) is 64.2 Å². The van der Waals surface area contributed by atoms with Crippen LogP contribution in [-0.2, 0) is 7.05 Å². The monoisotopic (exact) mass is 286 g/mol. The van der Waals surface area contributed by atoms with E-state index in [4.69, 9.17) is 5.73 Å². The van der Waals surface area contributed by atoms with E-state index in [0.29, 0.717) is 18.3 Å². The van der Waals surface area contributed by atoms with Crippen LogP contribution in [0, 0.1) is 0 Å². The molecule has 112 valence electrons. The van der Waals surface area contributed by atoms with Crippen molar-refractivity contribution >= 4 is 16.8 Å². The minimum Gasteiger partial charge on any atom is -0.334 e. The molecule has 1 saturated carbocycles. The second-order valence-corrected chi connectivity index (χ2v) is 5.71. The number of hydrogen-bond donors (Lipinski definition) is 1. The van der Waals surface area contributed by atoms with Gasteiger partial charge in [-0.15, -0.1) is 0 Å². The minimum atomic E-state index is 0.0463. The maximum absolute atomic E-state index is 12.9. The Hall–Kier alpha value is -1.88. The number of fused-ring (bicyclic) bond motifs is 1. The van der Waals surface area contributed by atoms with Gasteiger partial charge in [0.05, 0.1) is 5.52 Å². The normalized spacial score (nSPS) is 15.1. The van der Waals surface area contributed by atoms with Crippen LogP contribution in [0.25, 0.3) is 10.9 Å². The number of nitrogens with two attached hydrogens (primary N) is 1. The highest BCUT2D eigenvalue weighted by atomic mass is 16.2. The highest BCUT2D eigenvalue weighted by Crippen LogP contribution is 2.28. The van der Waals surface area contributed by atoms with E-state index < -0.39 is 0 Å². The largest absolute Gasteiger partial charge is 0.334 e. The SMILES string of the molecule is Cn1nc(C(=O)N(CCCN)C2CCC2)c2ccccc21. The first-order chi connectivity index (χ1) is 10.2. The molecule has 0 radical (unpaired) electrons. The van der Waals surface area contributed by atoms with Gasteiger partial charge in [-0.1, -0.05) is 18.2 Å². The first-order valence-electron chi connectivity index (χ1n) is 7.65. The molecule has 2 N–H and O–H groups in total. The van der Waals surface area contributed by atoms with Crippen molar-refractivity contribution in [1.82, 2.24) is 14.7 Å². The molecule has 3 rings (SSSR count). The van der Waals surface area contributed by atoms with Crippen molar-refractivity contribution in [3.05, 3.63) is 30.0 Å². The van der Waals surface area contributed by atoms with Crippen molar-refractivity contribution in [1.29, 1.82) is 0 Å². The number of carbonyl (C=O) groups is 1. The van der Waals surface area contributed by atoms with Gasteiger partial charge in [0, 0.05) is 25.0 Å². The third-order valence-corrected chi connectivity index (χ3v) is 4.34. The van der Waals surface area contributed by atoms with Crippen molar-refractivity contribution in [3.63, 3.8) is 0 Å². The first kappa shape index (κ1) is 14.1. The molecular weight excluding hydrogens is 264 g/mol. The molecule has 1 fully saturated rings. The molecule has 0 bridgehead atoms. The fraction of sp³-hybridized carbons (Fsp3) is 0.500. The average molecular weight is 286 g/mol. The summed E-state index contributed by atoms with van der Waals surface area (Å²) in [4.78, 5) is 14.9. The Labute approximate surface area is 124 Å². The van der Waals surface area contributed by atoms with E-state index in [9.17, 15) is 4.79 Å². The Balaban J connectivity index is 1.93. The predicted octanol–water partition coefficient (Wildman–Crippen LogP) is 1.92. The van der Waals surface area contributed by atoms with E-state index in [0.717, 1.165) is 36.7 Å². The van der Waals surface area contributed by atoms with Gasteiger partial charge < -0.3 is 10.6 Å². The summed E-state index contributed by atoms with van der Waals surface area (Å²) < 4.78 is 1.78. The molecule has 1 amide bonds. The quantitative estimate of drug-likeness (QED) is 0.913. The molecule has 0 atom stereocenters. The number of carbonyl (C=O) groups excluding carboxylic acids is 1. The zero-order chi connectivity index (χ0) is 14.8. The van der Waals surface area contributed by atoms with Crippen molar-refractivity contribution in [2.75, 3.05) is 13.1 Å². The summed E-state index contributed by atoms with van der Waals surface area (Å²) in [6.45, 7) is 1.34. The van der Waals surface area contributed by atoms with Crippen LogP contribution in [-0.4, -0.2) is 39.7 Å². The van der Waals surface area contributed by atoms with E-state index in [-0.39, 0.29) is 5.91 Å². The number of nitrogens with zero attached hydrogens (tertiary/aromatic N) is 3. The van der Waals surface area contributed by atoms with Gasteiger partial charge in [-0.05, 0) is 38.3 Å². The Morgan fingerprint density at radius 1 is 1.43 bits per heavy atom. The number of rotatable bonds is 5. The van der Waals surface area contributed by atoms with Gasteiger partial charge in [-0.3, -0.25) is 9.48 Å². The molecule has 5 heteroatoms. The van der Waals surface area contributed by atoms with Gasteiger partial charge in [0.1, 0.15) is 0 Å². The molecule has 1 aromatic heterocycles. The van der Waals surface area contributed by atoms with E-state index in [2.05, 4.69) is 5.10 Å². The summed E-state index contributed by atoms with van der Waals surface area (Å²) in [7, 11) is 1.88. The van der Waals surface area contributed by atoms with E-state index in [1.165, 1.54) is 6.42 Å². The zero-order valence-electron chi connectivity index (χ0n) is 12.5. The fourth-order valence-corrected chi connectivity index (χ4v) is 2.92. The lowest BCUT2D eigenvalue weighted by Crippen LogP contribution is -2.45. The lowest BCUT2D eigenvalue weighted by molar-refractivity contribution is 0.0573.